The Labute approximate surface area is 165 Å². The fraction of sp³-hybridized carbons (Fsp3) is 0.571. The van der Waals surface area contributed by atoms with Gasteiger partial charge < -0.3 is 9.80 Å². The lowest BCUT2D eigenvalue weighted by molar-refractivity contribution is -0.129. The van der Waals surface area contributed by atoms with Crippen molar-refractivity contribution < 1.29 is 4.79 Å². The highest BCUT2D eigenvalue weighted by Crippen LogP contribution is 2.40. The van der Waals surface area contributed by atoms with Crippen molar-refractivity contribution in [3.8, 4) is 0 Å². The molecule has 0 unspecified atom stereocenters. The van der Waals surface area contributed by atoms with Gasteiger partial charge in [0, 0.05) is 48.4 Å². The van der Waals surface area contributed by atoms with Crippen LogP contribution in [0.4, 0.5) is 5.82 Å². The first-order valence-corrected chi connectivity index (χ1v) is 10.4. The summed E-state index contributed by atoms with van der Waals surface area (Å²) in [6.07, 6.45) is 5.08. The van der Waals surface area contributed by atoms with E-state index in [1.807, 2.05) is 23.1 Å². The Morgan fingerprint density at radius 1 is 1.26 bits per heavy atom. The highest BCUT2D eigenvalue weighted by atomic mass is 35.5. The van der Waals surface area contributed by atoms with Crippen LogP contribution in [0.1, 0.15) is 57.7 Å². The minimum atomic E-state index is 0.247. The van der Waals surface area contributed by atoms with Gasteiger partial charge in [-0.05, 0) is 57.7 Å². The fourth-order valence-corrected chi connectivity index (χ4v) is 3.96. The largest absolute Gasteiger partial charge is 0.353 e. The van der Waals surface area contributed by atoms with E-state index in [-0.39, 0.29) is 11.9 Å². The summed E-state index contributed by atoms with van der Waals surface area (Å²) in [4.78, 5) is 26.5. The van der Waals surface area contributed by atoms with Crippen LogP contribution in [0.15, 0.2) is 18.2 Å². The third-order valence-electron chi connectivity index (χ3n) is 5.52. The molecule has 2 aliphatic rings. The van der Waals surface area contributed by atoms with Crippen molar-refractivity contribution in [3.05, 3.63) is 29.0 Å². The Bertz CT molecular complexity index is 843. The number of rotatable bonds is 6. The molecule has 4 rings (SSSR count). The summed E-state index contributed by atoms with van der Waals surface area (Å²) in [6, 6.07) is 6.06. The van der Waals surface area contributed by atoms with Crippen molar-refractivity contribution in [2.45, 2.75) is 57.9 Å². The second-order valence-corrected chi connectivity index (χ2v) is 8.40. The van der Waals surface area contributed by atoms with E-state index in [0.717, 1.165) is 61.3 Å². The van der Waals surface area contributed by atoms with E-state index < -0.39 is 0 Å². The molecule has 2 heterocycles. The molecular weight excluding hydrogens is 360 g/mol. The molecule has 2 aromatic rings. The van der Waals surface area contributed by atoms with E-state index in [0.29, 0.717) is 23.9 Å². The number of hydrogen-bond acceptors (Lipinski definition) is 4. The number of nitrogens with zero attached hydrogens (tertiary/aromatic N) is 4. The summed E-state index contributed by atoms with van der Waals surface area (Å²) in [6.45, 7) is 6.79. The third-order valence-corrected chi connectivity index (χ3v) is 5.75. The van der Waals surface area contributed by atoms with E-state index >= 15 is 0 Å². The Balaban J connectivity index is 1.64. The van der Waals surface area contributed by atoms with Gasteiger partial charge in [-0.25, -0.2) is 9.97 Å². The van der Waals surface area contributed by atoms with E-state index in [4.69, 9.17) is 21.6 Å². The lowest BCUT2D eigenvalue weighted by Crippen LogP contribution is -2.37. The van der Waals surface area contributed by atoms with Crippen LogP contribution in [-0.2, 0) is 4.79 Å². The highest BCUT2D eigenvalue weighted by molar-refractivity contribution is 6.31. The maximum Gasteiger partial charge on any atom is 0.224 e. The lowest BCUT2D eigenvalue weighted by atomic mass is 10.1. The molecule has 1 aromatic heterocycles. The Morgan fingerprint density at radius 3 is 2.67 bits per heavy atom. The van der Waals surface area contributed by atoms with Crippen molar-refractivity contribution in [2.24, 2.45) is 0 Å². The van der Waals surface area contributed by atoms with Crippen LogP contribution < -0.4 is 4.90 Å². The van der Waals surface area contributed by atoms with Crippen LogP contribution in [0.3, 0.4) is 0 Å². The van der Waals surface area contributed by atoms with Gasteiger partial charge in [0.1, 0.15) is 11.6 Å². The molecule has 1 aliphatic carbocycles. The van der Waals surface area contributed by atoms with Gasteiger partial charge in [0.15, 0.2) is 0 Å². The van der Waals surface area contributed by atoms with Gasteiger partial charge in [-0.1, -0.05) is 11.6 Å². The van der Waals surface area contributed by atoms with Gasteiger partial charge >= 0.3 is 0 Å². The standard InChI is InChI=1S/C21H27ClN4O/c1-14(2)26(12-9-19(27)25-10-3-4-11-25)21-17-8-7-16(22)13-18(17)23-20(24-21)15-5-6-15/h7-8,13-15H,3-6,9-12H2,1-2H3. The Kier molecular flexibility index (Phi) is 5.22. The molecule has 27 heavy (non-hydrogen) atoms. The third kappa shape index (κ3) is 4.03. The van der Waals surface area contributed by atoms with E-state index in [2.05, 4.69) is 18.7 Å². The molecule has 0 N–H and O–H groups in total. The topological polar surface area (TPSA) is 49.3 Å². The molecule has 144 valence electrons. The summed E-state index contributed by atoms with van der Waals surface area (Å²) in [5.41, 5.74) is 0.894. The van der Waals surface area contributed by atoms with Crippen LogP contribution in [0, 0.1) is 0 Å². The van der Waals surface area contributed by atoms with Crippen LogP contribution in [0.25, 0.3) is 10.9 Å². The van der Waals surface area contributed by atoms with Crippen molar-refractivity contribution in [2.75, 3.05) is 24.5 Å². The number of amides is 1. The zero-order valence-corrected chi connectivity index (χ0v) is 16.9. The lowest BCUT2D eigenvalue weighted by Gasteiger charge is -2.30. The number of fused-ring (bicyclic) bond motifs is 1. The van der Waals surface area contributed by atoms with Crippen molar-refractivity contribution in [3.63, 3.8) is 0 Å². The molecule has 1 saturated heterocycles. The van der Waals surface area contributed by atoms with E-state index in [1.165, 1.54) is 0 Å². The summed E-state index contributed by atoms with van der Waals surface area (Å²) in [5, 5.41) is 1.69. The monoisotopic (exact) mass is 386 g/mol. The molecule has 1 aromatic carbocycles. The normalized spacial score (nSPS) is 17.1. The summed E-state index contributed by atoms with van der Waals surface area (Å²) in [5.74, 6) is 2.56. The maximum atomic E-state index is 12.5. The number of aromatic nitrogens is 2. The first kappa shape index (κ1) is 18.5. The number of benzene rings is 1. The predicted molar refractivity (Wildman–Crippen MR) is 109 cm³/mol. The van der Waals surface area contributed by atoms with Gasteiger partial charge in [-0.2, -0.15) is 0 Å². The van der Waals surface area contributed by atoms with Gasteiger partial charge in [0.2, 0.25) is 5.91 Å². The number of carbonyl (C=O) groups excluding carboxylic acids is 1. The second-order valence-electron chi connectivity index (χ2n) is 7.97. The second kappa shape index (κ2) is 7.63. The smallest absolute Gasteiger partial charge is 0.224 e. The number of carbonyl (C=O) groups is 1. The SMILES string of the molecule is CC(C)N(CCC(=O)N1CCCC1)c1nc(C2CC2)nc2cc(Cl)ccc12. The van der Waals surface area contributed by atoms with Crippen LogP contribution in [0.5, 0.6) is 0 Å². The molecule has 1 aliphatic heterocycles. The molecular formula is C21H27ClN4O. The number of likely N-dealkylation sites (tertiary alicyclic amines) is 1. The average molecular weight is 387 g/mol. The molecule has 5 nitrogen and oxygen atoms in total. The molecule has 1 saturated carbocycles. The summed E-state index contributed by atoms with van der Waals surface area (Å²) in [7, 11) is 0. The molecule has 6 heteroatoms. The van der Waals surface area contributed by atoms with Crippen molar-refractivity contribution in [1.82, 2.24) is 14.9 Å². The summed E-state index contributed by atoms with van der Waals surface area (Å²) >= 11 is 6.21. The van der Waals surface area contributed by atoms with Crippen molar-refractivity contribution in [1.29, 1.82) is 0 Å². The first-order chi connectivity index (χ1) is 13.0. The minimum absolute atomic E-state index is 0.247. The molecule has 0 atom stereocenters. The van der Waals surface area contributed by atoms with Crippen LogP contribution in [0.2, 0.25) is 5.02 Å². The number of halogens is 1. The zero-order chi connectivity index (χ0) is 19.0. The van der Waals surface area contributed by atoms with Gasteiger partial charge in [0.25, 0.3) is 0 Å². The van der Waals surface area contributed by atoms with E-state index in [1.54, 1.807) is 0 Å². The molecule has 1 amide bonds. The predicted octanol–water partition coefficient (Wildman–Crippen LogP) is 4.39. The number of anilines is 1. The fourth-order valence-electron chi connectivity index (χ4n) is 3.80. The molecule has 0 bridgehead atoms. The van der Waals surface area contributed by atoms with Gasteiger partial charge in [-0.3, -0.25) is 4.79 Å². The molecule has 0 spiro atoms. The van der Waals surface area contributed by atoms with E-state index in [9.17, 15) is 4.79 Å². The first-order valence-electron chi connectivity index (χ1n) is 10.0. The quantitative estimate of drug-likeness (QED) is 0.738. The highest BCUT2D eigenvalue weighted by Gasteiger charge is 2.29. The van der Waals surface area contributed by atoms with Crippen LogP contribution >= 0.6 is 11.6 Å². The maximum absolute atomic E-state index is 12.5. The Hall–Kier alpha value is -1.88. The minimum Gasteiger partial charge on any atom is -0.353 e. The molecule has 2 fully saturated rings. The average Bonchev–Trinajstić information content (AvgIpc) is 3.34. The Morgan fingerprint density at radius 2 is 2.00 bits per heavy atom. The zero-order valence-electron chi connectivity index (χ0n) is 16.1. The van der Waals surface area contributed by atoms with Crippen LogP contribution in [-0.4, -0.2) is 46.5 Å². The van der Waals surface area contributed by atoms with Gasteiger partial charge in [-0.15, -0.1) is 0 Å². The molecule has 0 radical (unpaired) electrons. The van der Waals surface area contributed by atoms with Gasteiger partial charge in [0.05, 0.1) is 5.52 Å². The van der Waals surface area contributed by atoms with Crippen molar-refractivity contribution >= 4 is 34.2 Å². The number of hydrogen-bond donors (Lipinski definition) is 0. The summed E-state index contributed by atoms with van der Waals surface area (Å²) < 4.78 is 0.